The second-order valence-corrected chi connectivity index (χ2v) is 5.93. The molecule has 1 aromatic carbocycles. The van der Waals surface area contributed by atoms with Gasteiger partial charge >= 0.3 is 6.03 Å². The fourth-order valence-corrected chi connectivity index (χ4v) is 2.30. The van der Waals surface area contributed by atoms with Crippen LogP contribution < -0.4 is 16.4 Å². The van der Waals surface area contributed by atoms with Crippen LogP contribution >= 0.6 is 0 Å². The summed E-state index contributed by atoms with van der Waals surface area (Å²) in [7, 11) is 4.00. The van der Waals surface area contributed by atoms with Crippen molar-refractivity contribution in [2.75, 3.05) is 31.7 Å². The minimum absolute atomic E-state index is 0.128. The van der Waals surface area contributed by atoms with E-state index in [-0.39, 0.29) is 12.0 Å². The molecule has 2 amide bonds. The van der Waals surface area contributed by atoms with Gasteiger partial charge in [0.1, 0.15) is 5.52 Å². The Hall–Kier alpha value is -3.07. The van der Waals surface area contributed by atoms with Crippen molar-refractivity contribution >= 4 is 29.0 Å². The highest BCUT2D eigenvalue weighted by Gasteiger charge is 2.07. The summed E-state index contributed by atoms with van der Waals surface area (Å²) in [6, 6.07) is 7.02. The summed E-state index contributed by atoms with van der Waals surface area (Å²) >= 11 is 0. The number of hydrogen-bond donors (Lipinski definition) is 3. The molecule has 0 bridgehead atoms. The highest BCUT2D eigenvalue weighted by molar-refractivity contribution is 5.88. The van der Waals surface area contributed by atoms with Gasteiger partial charge < -0.3 is 20.4 Å². The van der Waals surface area contributed by atoms with Crippen molar-refractivity contribution in [1.82, 2.24) is 25.0 Å². The largest absolute Gasteiger partial charge is 0.424 e. The first-order valence-corrected chi connectivity index (χ1v) is 7.87. The minimum Gasteiger partial charge on any atom is -0.424 e. The summed E-state index contributed by atoms with van der Waals surface area (Å²) in [6.07, 6.45) is 1.84. The standard InChI is InChI=1S/C16H21N7O2/c1-22(2)7-8-23-6-5-14(21-23)20-16(24)18-10-11-3-4-13-12(9-11)19-15(17)25-13/h3-6,9H,7-8,10H2,1-2H3,(H2,17,19)(H2,18,20,21,24). The fraction of sp³-hybridized carbons (Fsp3) is 0.312. The van der Waals surface area contributed by atoms with Crippen LogP contribution in [0, 0.1) is 0 Å². The molecule has 3 rings (SSSR count). The third kappa shape index (κ3) is 4.48. The Morgan fingerprint density at radius 3 is 3.00 bits per heavy atom. The van der Waals surface area contributed by atoms with Gasteiger partial charge in [0.05, 0.1) is 6.54 Å². The molecule has 0 fully saturated rings. The monoisotopic (exact) mass is 343 g/mol. The average Bonchev–Trinajstić information content (AvgIpc) is 3.15. The van der Waals surface area contributed by atoms with Gasteiger partial charge in [-0.05, 0) is 31.8 Å². The van der Waals surface area contributed by atoms with Gasteiger partial charge in [0, 0.05) is 25.4 Å². The summed E-state index contributed by atoms with van der Waals surface area (Å²) < 4.78 is 7.01. The molecule has 0 aliphatic rings. The number of nitrogens with one attached hydrogen (secondary N) is 2. The molecule has 4 N–H and O–H groups in total. The van der Waals surface area contributed by atoms with Crippen LogP contribution in [-0.4, -0.2) is 46.3 Å². The van der Waals surface area contributed by atoms with E-state index in [9.17, 15) is 4.79 Å². The molecule has 2 heterocycles. The molecular weight excluding hydrogens is 322 g/mol. The van der Waals surface area contributed by atoms with Crippen molar-refractivity contribution in [2.45, 2.75) is 13.1 Å². The lowest BCUT2D eigenvalue weighted by Crippen LogP contribution is -2.28. The van der Waals surface area contributed by atoms with E-state index in [0.29, 0.717) is 23.5 Å². The van der Waals surface area contributed by atoms with Crippen molar-refractivity contribution in [2.24, 2.45) is 0 Å². The topological polar surface area (TPSA) is 114 Å². The summed E-state index contributed by atoms with van der Waals surface area (Å²) in [5.41, 5.74) is 7.70. The van der Waals surface area contributed by atoms with Crippen LogP contribution in [0.3, 0.4) is 0 Å². The summed E-state index contributed by atoms with van der Waals surface area (Å²) in [5.74, 6) is 0.510. The van der Waals surface area contributed by atoms with Crippen LogP contribution in [0.1, 0.15) is 5.56 Å². The molecule has 132 valence electrons. The van der Waals surface area contributed by atoms with E-state index in [2.05, 4.69) is 25.6 Å². The molecule has 0 spiro atoms. The molecule has 3 aromatic rings. The number of anilines is 2. The third-order valence-electron chi connectivity index (χ3n) is 3.58. The van der Waals surface area contributed by atoms with Crippen molar-refractivity contribution in [1.29, 1.82) is 0 Å². The fourth-order valence-electron chi connectivity index (χ4n) is 2.30. The van der Waals surface area contributed by atoms with Gasteiger partial charge in [-0.25, -0.2) is 4.79 Å². The van der Waals surface area contributed by atoms with Gasteiger partial charge in [-0.15, -0.1) is 0 Å². The number of nitrogens with two attached hydrogens (primary N) is 1. The van der Waals surface area contributed by atoms with Gasteiger partial charge in [-0.2, -0.15) is 10.1 Å². The first kappa shape index (κ1) is 16.8. The number of fused-ring (bicyclic) bond motifs is 1. The lowest BCUT2D eigenvalue weighted by Gasteiger charge is -2.09. The predicted octanol–water partition coefficient (Wildman–Crippen LogP) is 1.49. The lowest BCUT2D eigenvalue weighted by atomic mass is 10.2. The van der Waals surface area contributed by atoms with Crippen molar-refractivity contribution < 1.29 is 9.21 Å². The molecule has 25 heavy (non-hydrogen) atoms. The van der Waals surface area contributed by atoms with E-state index >= 15 is 0 Å². The zero-order valence-corrected chi connectivity index (χ0v) is 14.2. The second kappa shape index (κ2) is 7.22. The molecule has 9 nitrogen and oxygen atoms in total. The normalized spacial score (nSPS) is 11.2. The molecule has 0 saturated carbocycles. The maximum Gasteiger partial charge on any atom is 0.320 e. The number of benzene rings is 1. The van der Waals surface area contributed by atoms with Crippen LogP contribution in [0.25, 0.3) is 11.1 Å². The molecule has 0 aliphatic heterocycles. The van der Waals surface area contributed by atoms with Crippen LogP contribution in [0.5, 0.6) is 0 Å². The van der Waals surface area contributed by atoms with E-state index in [1.807, 2.05) is 32.4 Å². The number of carbonyl (C=O) groups excluding carboxylic acids is 1. The maximum absolute atomic E-state index is 12.0. The average molecular weight is 343 g/mol. The SMILES string of the molecule is CN(C)CCn1ccc(NC(=O)NCc2ccc3oc(N)nc3c2)n1. The summed E-state index contributed by atoms with van der Waals surface area (Å²) in [4.78, 5) is 18.1. The van der Waals surface area contributed by atoms with Crippen LogP contribution in [0.15, 0.2) is 34.9 Å². The molecule has 0 atom stereocenters. The highest BCUT2D eigenvalue weighted by atomic mass is 16.4. The Balaban J connectivity index is 1.51. The molecule has 2 aromatic heterocycles. The first-order chi connectivity index (χ1) is 12.0. The highest BCUT2D eigenvalue weighted by Crippen LogP contribution is 2.18. The van der Waals surface area contributed by atoms with E-state index in [0.717, 1.165) is 18.7 Å². The van der Waals surface area contributed by atoms with E-state index in [4.69, 9.17) is 10.2 Å². The van der Waals surface area contributed by atoms with Gasteiger partial charge in [-0.3, -0.25) is 10.00 Å². The van der Waals surface area contributed by atoms with Crippen molar-refractivity contribution in [3.8, 4) is 0 Å². The Morgan fingerprint density at radius 2 is 2.20 bits per heavy atom. The van der Waals surface area contributed by atoms with E-state index in [1.165, 1.54) is 0 Å². The number of nitrogens with zero attached hydrogens (tertiary/aromatic N) is 4. The lowest BCUT2D eigenvalue weighted by molar-refractivity contribution is 0.251. The minimum atomic E-state index is -0.322. The van der Waals surface area contributed by atoms with Crippen LogP contribution in [-0.2, 0) is 13.1 Å². The number of nitrogen functional groups attached to an aromatic ring is 1. The molecule has 0 unspecified atom stereocenters. The predicted molar refractivity (Wildman–Crippen MR) is 95.1 cm³/mol. The van der Waals surface area contributed by atoms with Gasteiger partial charge in [0.15, 0.2) is 11.4 Å². The van der Waals surface area contributed by atoms with Crippen molar-refractivity contribution in [3.05, 3.63) is 36.0 Å². The molecule has 0 saturated heterocycles. The van der Waals surface area contributed by atoms with E-state index in [1.54, 1.807) is 16.8 Å². The van der Waals surface area contributed by atoms with E-state index < -0.39 is 0 Å². The maximum atomic E-state index is 12.0. The Bertz CT molecular complexity index is 868. The zero-order valence-electron chi connectivity index (χ0n) is 14.2. The summed E-state index contributed by atoms with van der Waals surface area (Å²) in [5, 5.41) is 9.80. The number of likely N-dealkylation sites (N-methyl/N-ethyl adjacent to an activating group) is 1. The third-order valence-corrected chi connectivity index (χ3v) is 3.58. The van der Waals surface area contributed by atoms with Crippen LogP contribution in [0.2, 0.25) is 0 Å². The number of aromatic nitrogens is 3. The number of carbonyl (C=O) groups is 1. The van der Waals surface area contributed by atoms with Gasteiger partial charge in [-0.1, -0.05) is 6.07 Å². The first-order valence-electron chi connectivity index (χ1n) is 7.87. The quantitative estimate of drug-likeness (QED) is 0.625. The number of amides is 2. The molecule has 0 radical (unpaired) electrons. The Labute approximate surface area is 144 Å². The molecule has 0 aliphatic carbocycles. The smallest absolute Gasteiger partial charge is 0.320 e. The number of oxazole rings is 1. The Morgan fingerprint density at radius 1 is 1.36 bits per heavy atom. The summed E-state index contributed by atoms with van der Waals surface area (Å²) in [6.45, 7) is 2.00. The van der Waals surface area contributed by atoms with Gasteiger partial charge in [0.25, 0.3) is 6.01 Å². The Kier molecular flexibility index (Phi) is 4.85. The number of rotatable bonds is 6. The molecule has 9 heteroatoms. The van der Waals surface area contributed by atoms with Crippen molar-refractivity contribution in [3.63, 3.8) is 0 Å². The van der Waals surface area contributed by atoms with Crippen LogP contribution in [0.4, 0.5) is 16.6 Å². The number of urea groups is 1. The number of hydrogen-bond acceptors (Lipinski definition) is 6. The molecular formula is C16H21N7O2. The second-order valence-electron chi connectivity index (χ2n) is 5.93. The zero-order chi connectivity index (χ0) is 17.8. The van der Waals surface area contributed by atoms with Gasteiger partial charge in [0.2, 0.25) is 0 Å².